The second kappa shape index (κ2) is 4.43. The molecule has 0 aliphatic carbocycles. The van der Waals surface area contributed by atoms with Crippen LogP contribution in [0.3, 0.4) is 0 Å². The maximum absolute atomic E-state index is 11.9. The van der Waals surface area contributed by atoms with E-state index in [1.54, 1.807) is 17.4 Å². The summed E-state index contributed by atoms with van der Waals surface area (Å²) in [6.07, 6.45) is 1.77. The third kappa shape index (κ3) is 2.05. The Morgan fingerprint density at radius 2 is 2.12 bits per heavy atom. The average Bonchev–Trinajstić information content (AvgIpc) is 2.76. The van der Waals surface area contributed by atoms with Gasteiger partial charge in [0.1, 0.15) is 0 Å². The van der Waals surface area contributed by atoms with Gasteiger partial charge in [0.05, 0.1) is 4.91 Å². The summed E-state index contributed by atoms with van der Waals surface area (Å²) < 4.78 is 0. The van der Waals surface area contributed by atoms with Crippen LogP contribution in [0.15, 0.2) is 21.7 Å². The molecule has 0 saturated carbocycles. The molecule has 5 heteroatoms. The van der Waals surface area contributed by atoms with Gasteiger partial charge in [0.15, 0.2) is 0 Å². The van der Waals surface area contributed by atoms with Gasteiger partial charge >= 0.3 is 0 Å². The van der Waals surface area contributed by atoms with Crippen LogP contribution in [0.25, 0.3) is 6.08 Å². The molecule has 0 bridgehead atoms. The zero-order chi connectivity index (χ0) is 11.7. The Balaban J connectivity index is 2.27. The highest BCUT2D eigenvalue weighted by atomic mass is 32.2. The predicted octanol–water partition coefficient (Wildman–Crippen LogP) is 3.19. The minimum atomic E-state index is -0.184. The molecular weight excluding hydrogens is 242 g/mol. The molecule has 0 N–H and O–H groups in total. The first-order chi connectivity index (χ1) is 7.59. The minimum absolute atomic E-state index is 0.0825. The van der Waals surface area contributed by atoms with Gasteiger partial charge in [-0.1, -0.05) is 0 Å². The van der Waals surface area contributed by atoms with Crippen molar-refractivity contribution in [3.63, 3.8) is 0 Å². The van der Waals surface area contributed by atoms with E-state index in [-0.39, 0.29) is 17.2 Å². The fourth-order valence-corrected chi connectivity index (χ4v) is 3.01. The fourth-order valence-electron chi connectivity index (χ4n) is 1.43. The Labute approximate surface area is 102 Å². The predicted molar refractivity (Wildman–Crippen MR) is 67.3 cm³/mol. The number of nitrogens with zero attached hydrogens (tertiary/aromatic N) is 1. The van der Waals surface area contributed by atoms with Crippen LogP contribution in [0, 0.1) is 0 Å². The number of thiophene rings is 1. The molecule has 2 rings (SSSR count). The molecule has 16 heavy (non-hydrogen) atoms. The highest BCUT2D eigenvalue weighted by molar-refractivity contribution is 8.18. The van der Waals surface area contributed by atoms with Gasteiger partial charge in [0.25, 0.3) is 11.1 Å². The molecule has 84 valence electrons. The summed E-state index contributed by atoms with van der Waals surface area (Å²) in [4.78, 5) is 25.3. The zero-order valence-corrected chi connectivity index (χ0v) is 10.6. The van der Waals surface area contributed by atoms with Gasteiger partial charge in [-0.05, 0) is 54.1 Å². The van der Waals surface area contributed by atoms with Gasteiger partial charge in [-0.15, -0.1) is 0 Å². The Bertz CT molecular complexity index is 449. The first-order valence-electron chi connectivity index (χ1n) is 4.89. The number of carbonyl (C=O) groups excluding carboxylic acids is 2. The highest BCUT2D eigenvalue weighted by Crippen LogP contribution is 2.33. The molecule has 0 atom stereocenters. The Morgan fingerprint density at radius 3 is 2.62 bits per heavy atom. The number of imide groups is 1. The lowest BCUT2D eigenvalue weighted by molar-refractivity contribution is -0.123. The van der Waals surface area contributed by atoms with E-state index in [0.29, 0.717) is 4.91 Å². The molecule has 1 fully saturated rings. The van der Waals surface area contributed by atoms with Crippen molar-refractivity contribution in [2.24, 2.45) is 0 Å². The minimum Gasteiger partial charge on any atom is -0.268 e. The molecule has 1 aliphatic heterocycles. The van der Waals surface area contributed by atoms with Crippen molar-refractivity contribution < 1.29 is 9.59 Å². The van der Waals surface area contributed by atoms with E-state index in [0.717, 1.165) is 17.3 Å². The van der Waals surface area contributed by atoms with Gasteiger partial charge in [-0.3, -0.25) is 14.5 Å². The SMILES string of the molecule is CC(C)N1C(=O)S/C(=C\c2ccsc2)C1=O. The number of rotatable bonds is 2. The van der Waals surface area contributed by atoms with Crippen molar-refractivity contribution in [1.29, 1.82) is 0 Å². The van der Waals surface area contributed by atoms with Crippen LogP contribution in [0.5, 0.6) is 0 Å². The molecule has 0 aromatic carbocycles. The van der Waals surface area contributed by atoms with Crippen LogP contribution in [-0.4, -0.2) is 22.1 Å². The summed E-state index contributed by atoms with van der Waals surface area (Å²) in [7, 11) is 0. The van der Waals surface area contributed by atoms with Crippen molar-refractivity contribution in [1.82, 2.24) is 4.90 Å². The Hall–Kier alpha value is -1.07. The van der Waals surface area contributed by atoms with E-state index in [1.165, 1.54) is 4.90 Å². The molecule has 1 aromatic rings. The van der Waals surface area contributed by atoms with Gasteiger partial charge in [0, 0.05) is 6.04 Å². The molecule has 0 unspecified atom stereocenters. The average molecular weight is 253 g/mol. The maximum atomic E-state index is 11.9. The summed E-state index contributed by atoms with van der Waals surface area (Å²) in [5.41, 5.74) is 0.972. The van der Waals surface area contributed by atoms with Gasteiger partial charge in [-0.25, -0.2) is 0 Å². The van der Waals surface area contributed by atoms with E-state index in [9.17, 15) is 9.59 Å². The first kappa shape index (κ1) is 11.4. The third-order valence-corrected chi connectivity index (χ3v) is 3.77. The van der Waals surface area contributed by atoms with Gasteiger partial charge in [-0.2, -0.15) is 11.3 Å². The molecule has 2 amide bonds. The van der Waals surface area contributed by atoms with Crippen LogP contribution in [0.1, 0.15) is 19.4 Å². The maximum Gasteiger partial charge on any atom is 0.293 e. The fraction of sp³-hybridized carbons (Fsp3) is 0.273. The molecule has 0 radical (unpaired) electrons. The zero-order valence-electron chi connectivity index (χ0n) is 8.97. The number of hydrogen-bond donors (Lipinski definition) is 0. The lowest BCUT2D eigenvalue weighted by Crippen LogP contribution is -2.34. The van der Waals surface area contributed by atoms with E-state index < -0.39 is 0 Å². The van der Waals surface area contributed by atoms with E-state index >= 15 is 0 Å². The number of carbonyl (C=O) groups is 2. The lowest BCUT2D eigenvalue weighted by Gasteiger charge is -2.16. The van der Waals surface area contributed by atoms with Crippen LogP contribution in [0.4, 0.5) is 4.79 Å². The number of amides is 2. The second-order valence-electron chi connectivity index (χ2n) is 3.70. The topological polar surface area (TPSA) is 37.4 Å². The smallest absolute Gasteiger partial charge is 0.268 e. The van der Waals surface area contributed by atoms with E-state index in [2.05, 4.69) is 0 Å². The van der Waals surface area contributed by atoms with Gasteiger partial charge < -0.3 is 0 Å². The van der Waals surface area contributed by atoms with Crippen molar-refractivity contribution >= 4 is 40.3 Å². The van der Waals surface area contributed by atoms with Crippen LogP contribution >= 0.6 is 23.1 Å². The molecule has 1 aliphatic rings. The quantitative estimate of drug-likeness (QED) is 0.760. The first-order valence-corrected chi connectivity index (χ1v) is 6.65. The standard InChI is InChI=1S/C11H11NO2S2/c1-7(2)12-10(13)9(16-11(12)14)5-8-3-4-15-6-8/h3-7H,1-2H3/b9-5-. The molecule has 1 saturated heterocycles. The van der Waals surface area contributed by atoms with Crippen LogP contribution in [0.2, 0.25) is 0 Å². The lowest BCUT2D eigenvalue weighted by atomic mass is 10.3. The van der Waals surface area contributed by atoms with Gasteiger partial charge in [0.2, 0.25) is 0 Å². The summed E-state index contributed by atoms with van der Waals surface area (Å²) in [6.45, 7) is 3.67. The molecule has 2 heterocycles. The largest absolute Gasteiger partial charge is 0.293 e. The Kier molecular flexibility index (Phi) is 3.16. The van der Waals surface area contributed by atoms with Crippen molar-refractivity contribution in [3.05, 3.63) is 27.3 Å². The summed E-state index contributed by atoms with van der Waals surface area (Å²) >= 11 is 2.58. The molecule has 3 nitrogen and oxygen atoms in total. The summed E-state index contributed by atoms with van der Waals surface area (Å²) in [6, 6.07) is 1.84. The number of thioether (sulfide) groups is 1. The second-order valence-corrected chi connectivity index (χ2v) is 5.48. The monoisotopic (exact) mass is 253 g/mol. The molecular formula is C11H11NO2S2. The van der Waals surface area contributed by atoms with E-state index in [4.69, 9.17) is 0 Å². The highest BCUT2D eigenvalue weighted by Gasteiger charge is 2.36. The van der Waals surface area contributed by atoms with E-state index in [1.807, 2.05) is 30.7 Å². The molecule has 0 spiro atoms. The van der Waals surface area contributed by atoms with Crippen molar-refractivity contribution in [2.45, 2.75) is 19.9 Å². The normalized spacial score (nSPS) is 19.2. The summed E-state index contributed by atoms with van der Waals surface area (Å²) in [5.74, 6) is -0.184. The number of hydrogen-bond acceptors (Lipinski definition) is 4. The van der Waals surface area contributed by atoms with Crippen LogP contribution in [-0.2, 0) is 4.79 Å². The van der Waals surface area contributed by atoms with Crippen LogP contribution < -0.4 is 0 Å². The summed E-state index contributed by atoms with van der Waals surface area (Å²) in [5, 5.41) is 3.71. The Morgan fingerprint density at radius 1 is 1.38 bits per heavy atom. The molecule has 1 aromatic heterocycles. The van der Waals surface area contributed by atoms with Crippen molar-refractivity contribution in [3.8, 4) is 0 Å². The third-order valence-electron chi connectivity index (χ3n) is 2.18. The van der Waals surface area contributed by atoms with Crippen molar-refractivity contribution in [2.75, 3.05) is 0 Å².